The van der Waals surface area contributed by atoms with Gasteiger partial charge in [-0.3, -0.25) is 4.79 Å². The summed E-state index contributed by atoms with van der Waals surface area (Å²) in [4.78, 5) is 22.3. The maximum atomic E-state index is 11.6. The number of aromatic nitrogens is 2. The fraction of sp³-hybridized carbons (Fsp3) is 0.0833. The molecule has 0 amide bonds. The maximum Gasteiger partial charge on any atom is 0.356 e. The van der Waals surface area contributed by atoms with Crippen LogP contribution in [-0.2, 0) is 6.54 Å². The minimum absolute atomic E-state index is 0.170. The highest BCUT2D eigenvalue weighted by Crippen LogP contribution is 2.10. The molecule has 2 rings (SSSR count). The predicted octanol–water partition coefficient (Wildman–Crippen LogP) is 1.64. The minimum atomic E-state index is -1.17. The van der Waals surface area contributed by atoms with Crippen LogP contribution in [0.1, 0.15) is 16.1 Å². The zero-order chi connectivity index (χ0) is 13.1. The predicted molar refractivity (Wildman–Crippen MR) is 66.0 cm³/mol. The van der Waals surface area contributed by atoms with Crippen LogP contribution in [0.5, 0.6) is 0 Å². The van der Waals surface area contributed by atoms with E-state index in [1.54, 1.807) is 24.3 Å². The van der Waals surface area contributed by atoms with Crippen molar-refractivity contribution in [3.63, 3.8) is 0 Å². The van der Waals surface area contributed by atoms with Gasteiger partial charge < -0.3 is 5.11 Å². The number of carbonyl (C=O) groups is 1. The normalized spacial score (nSPS) is 10.3. The Morgan fingerprint density at radius 1 is 1.33 bits per heavy atom. The van der Waals surface area contributed by atoms with Gasteiger partial charge in [-0.25, -0.2) is 9.48 Å². The Kier molecular flexibility index (Phi) is 3.43. The van der Waals surface area contributed by atoms with E-state index in [-0.39, 0.29) is 17.8 Å². The highest BCUT2D eigenvalue weighted by atomic mass is 35.5. The molecular weight excluding hydrogens is 256 g/mol. The first-order valence-electron chi connectivity index (χ1n) is 5.12. The lowest BCUT2D eigenvalue weighted by molar-refractivity contribution is 0.0687. The molecule has 1 aromatic carbocycles. The van der Waals surface area contributed by atoms with Crippen molar-refractivity contribution in [3.05, 3.63) is 63.0 Å². The fourth-order valence-corrected chi connectivity index (χ4v) is 1.70. The van der Waals surface area contributed by atoms with E-state index in [1.807, 2.05) is 0 Å². The van der Waals surface area contributed by atoms with E-state index in [1.165, 1.54) is 12.1 Å². The van der Waals surface area contributed by atoms with Crippen molar-refractivity contribution in [2.45, 2.75) is 6.54 Å². The highest BCUT2D eigenvalue weighted by molar-refractivity contribution is 6.30. The number of rotatable bonds is 3. The van der Waals surface area contributed by atoms with Gasteiger partial charge in [-0.05, 0) is 23.8 Å². The van der Waals surface area contributed by atoms with E-state index in [2.05, 4.69) is 5.10 Å². The van der Waals surface area contributed by atoms with Crippen LogP contribution in [0.4, 0.5) is 0 Å². The van der Waals surface area contributed by atoms with E-state index in [0.717, 1.165) is 10.2 Å². The van der Waals surface area contributed by atoms with Crippen LogP contribution >= 0.6 is 11.6 Å². The number of nitrogens with zero attached hydrogens (tertiary/aromatic N) is 2. The summed E-state index contributed by atoms with van der Waals surface area (Å²) >= 11 is 5.83. The van der Waals surface area contributed by atoms with Crippen molar-refractivity contribution in [1.29, 1.82) is 0 Å². The average Bonchev–Trinajstić information content (AvgIpc) is 2.31. The number of hydrogen-bond donors (Lipinski definition) is 1. The summed E-state index contributed by atoms with van der Waals surface area (Å²) in [7, 11) is 0. The van der Waals surface area contributed by atoms with Crippen molar-refractivity contribution in [2.75, 3.05) is 0 Å². The third-order valence-electron chi connectivity index (χ3n) is 2.31. The van der Waals surface area contributed by atoms with Gasteiger partial charge in [-0.15, -0.1) is 0 Å². The smallest absolute Gasteiger partial charge is 0.356 e. The van der Waals surface area contributed by atoms with E-state index >= 15 is 0 Å². The number of carboxylic acid groups (broad SMARTS) is 1. The molecule has 0 radical (unpaired) electrons. The van der Waals surface area contributed by atoms with Gasteiger partial charge in [-0.1, -0.05) is 23.7 Å². The lowest BCUT2D eigenvalue weighted by Crippen LogP contribution is -2.24. The first-order chi connectivity index (χ1) is 8.56. The molecule has 2 aromatic rings. The van der Waals surface area contributed by atoms with Gasteiger partial charge in [0.2, 0.25) is 0 Å². The Balaban J connectivity index is 2.37. The minimum Gasteiger partial charge on any atom is -0.476 e. The van der Waals surface area contributed by atoms with Crippen molar-refractivity contribution in [2.24, 2.45) is 0 Å². The third-order valence-corrected chi connectivity index (χ3v) is 2.54. The van der Waals surface area contributed by atoms with Crippen LogP contribution in [0.25, 0.3) is 0 Å². The van der Waals surface area contributed by atoms with E-state index in [9.17, 15) is 9.59 Å². The van der Waals surface area contributed by atoms with Crippen molar-refractivity contribution in [3.8, 4) is 0 Å². The molecule has 5 nitrogen and oxygen atoms in total. The second kappa shape index (κ2) is 5.01. The second-order valence-corrected chi connectivity index (χ2v) is 4.09. The van der Waals surface area contributed by atoms with Gasteiger partial charge in [-0.2, -0.15) is 5.10 Å². The molecule has 0 aliphatic heterocycles. The highest BCUT2D eigenvalue weighted by Gasteiger charge is 2.07. The summed E-state index contributed by atoms with van der Waals surface area (Å²) in [5.41, 5.74) is 0.247. The lowest BCUT2D eigenvalue weighted by atomic mass is 10.2. The third kappa shape index (κ3) is 2.75. The fourth-order valence-electron chi connectivity index (χ4n) is 1.48. The SMILES string of the molecule is O=C(O)c1ccc(=O)n(Cc2cccc(Cl)c2)n1. The average molecular weight is 265 g/mol. The first-order valence-corrected chi connectivity index (χ1v) is 5.50. The monoisotopic (exact) mass is 264 g/mol. The van der Waals surface area contributed by atoms with Crippen LogP contribution in [0, 0.1) is 0 Å². The van der Waals surface area contributed by atoms with Crippen molar-refractivity contribution < 1.29 is 9.90 Å². The van der Waals surface area contributed by atoms with Crippen molar-refractivity contribution in [1.82, 2.24) is 9.78 Å². The summed E-state index contributed by atoms with van der Waals surface area (Å²) in [6.45, 7) is 0.181. The number of benzene rings is 1. The van der Waals surface area contributed by atoms with Gasteiger partial charge in [0.15, 0.2) is 5.69 Å². The van der Waals surface area contributed by atoms with E-state index < -0.39 is 5.97 Å². The Morgan fingerprint density at radius 3 is 2.78 bits per heavy atom. The van der Waals surface area contributed by atoms with Gasteiger partial charge in [0.25, 0.3) is 5.56 Å². The zero-order valence-corrected chi connectivity index (χ0v) is 9.96. The summed E-state index contributed by atoms with van der Waals surface area (Å²) < 4.78 is 1.09. The van der Waals surface area contributed by atoms with Crippen LogP contribution in [-0.4, -0.2) is 20.9 Å². The Hall–Kier alpha value is -2.14. The Morgan fingerprint density at radius 2 is 2.11 bits per heavy atom. The Labute approximate surface area is 107 Å². The summed E-state index contributed by atoms with van der Waals surface area (Å²) in [6, 6.07) is 9.31. The largest absolute Gasteiger partial charge is 0.476 e. The number of carboxylic acids is 1. The molecule has 0 aliphatic rings. The van der Waals surface area contributed by atoms with Crippen molar-refractivity contribution >= 4 is 17.6 Å². The summed E-state index contributed by atoms with van der Waals surface area (Å²) in [5.74, 6) is -1.17. The molecule has 0 saturated carbocycles. The lowest BCUT2D eigenvalue weighted by Gasteiger charge is -2.05. The molecule has 0 unspecified atom stereocenters. The molecule has 0 bridgehead atoms. The van der Waals surface area contributed by atoms with Gasteiger partial charge in [0.1, 0.15) is 0 Å². The Bertz CT molecular complexity index is 652. The van der Waals surface area contributed by atoms with E-state index in [4.69, 9.17) is 16.7 Å². The molecule has 18 heavy (non-hydrogen) atoms. The molecule has 0 aliphatic carbocycles. The summed E-state index contributed by atoms with van der Waals surface area (Å²) in [6.07, 6.45) is 0. The van der Waals surface area contributed by atoms with Crippen LogP contribution in [0.3, 0.4) is 0 Å². The zero-order valence-electron chi connectivity index (χ0n) is 9.21. The van der Waals surface area contributed by atoms with Crippen LogP contribution in [0.2, 0.25) is 5.02 Å². The molecule has 1 N–H and O–H groups in total. The van der Waals surface area contributed by atoms with Crippen LogP contribution < -0.4 is 5.56 Å². The molecule has 0 fully saturated rings. The molecule has 92 valence electrons. The van der Waals surface area contributed by atoms with E-state index in [0.29, 0.717) is 5.02 Å². The standard InChI is InChI=1S/C12H9ClN2O3/c13-9-3-1-2-8(6-9)7-15-11(16)5-4-10(14-15)12(17)18/h1-6H,7H2,(H,17,18). The first kappa shape index (κ1) is 12.3. The maximum absolute atomic E-state index is 11.6. The molecule has 0 saturated heterocycles. The second-order valence-electron chi connectivity index (χ2n) is 3.65. The topological polar surface area (TPSA) is 72.2 Å². The van der Waals surface area contributed by atoms with Gasteiger partial charge >= 0.3 is 5.97 Å². The molecule has 0 spiro atoms. The molecular formula is C12H9ClN2O3. The van der Waals surface area contributed by atoms with Gasteiger partial charge in [0.05, 0.1) is 6.54 Å². The number of hydrogen-bond acceptors (Lipinski definition) is 3. The molecule has 1 heterocycles. The summed E-state index contributed by atoms with van der Waals surface area (Å²) in [5, 5.41) is 13.1. The number of aromatic carboxylic acids is 1. The van der Waals surface area contributed by atoms with Crippen LogP contribution in [0.15, 0.2) is 41.2 Å². The van der Waals surface area contributed by atoms with Gasteiger partial charge in [0, 0.05) is 11.1 Å². The molecule has 6 heteroatoms. The number of halogens is 1. The molecule has 0 atom stereocenters. The molecule has 1 aromatic heterocycles. The quantitative estimate of drug-likeness (QED) is 0.915.